The van der Waals surface area contributed by atoms with Crippen LogP contribution < -0.4 is 4.90 Å². The molecule has 98 valence electrons. The molecule has 0 bridgehead atoms. The van der Waals surface area contributed by atoms with Crippen molar-refractivity contribution in [2.45, 2.75) is 19.4 Å². The first-order valence-corrected chi connectivity index (χ1v) is 6.51. The molecule has 0 aliphatic carbocycles. The first-order valence-electron chi connectivity index (χ1n) is 6.51. The van der Waals surface area contributed by atoms with E-state index in [9.17, 15) is 8.78 Å². The summed E-state index contributed by atoms with van der Waals surface area (Å²) < 4.78 is 27.0. The van der Waals surface area contributed by atoms with Gasteiger partial charge in [-0.2, -0.15) is 0 Å². The number of benzene rings is 2. The Kier molecular flexibility index (Phi) is 3.20. The van der Waals surface area contributed by atoms with E-state index in [1.807, 2.05) is 18.2 Å². The maximum absolute atomic E-state index is 13.7. The summed E-state index contributed by atoms with van der Waals surface area (Å²) in [6.07, 6.45) is 2.10. The van der Waals surface area contributed by atoms with Crippen LogP contribution in [0.5, 0.6) is 0 Å². The zero-order valence-corrected chi connectivity index (χ0v) is 10.6. The Morgan fingerprint density at radius 2 is 1.84 bits per heavy atom. The molecule has 1 aliphatic heterocycles. The van der Waals surface area contributed by atoms with Crippen LogP contribution in [-0.4, -0.2) is 6.54 Å². The van der Waals surface area contributed by atoms with E-state index in [1.54, 1.807) is 12.1 Å². The SMILES string of the molecule is Fc1cccc(CN2CCCc3ccccc32)c1F. The van der Waals surface area contributed by atoms with Crippen molar-refractivity contribution in [3.05, 3.63) is 65.2 Å². The van der Waals surface area contributed by atoms with E-state index in [2.05, 4.69) is 11.0 Å². The zero-order valence-electron chi connectivity index (χ0n) is 10.6. The quantitative estimate of drug-likeness (QED) is 0.790. The molecule has 3 rings (SSSR count). The van der Waals surface area contributed by atoms with Crippen molar-refractivity contribution in [3.63, 3.8) is 0 Å². The molecule has 0 saturated carbocycles. The molecule has 0 aromatic heterocycles. The van der Waals surface area contributed by atoms with Crippen LogP contribution in [0.3, 0.4) is 0 Å². The van der Waals surface area contributed by atoms with Gasteiger partial charge in [0, 0.05) is 24.3 Å². The second kappa shape index (κ2) is 5.00. The second-order valence-corrected chi connectivity index (χ2v) is 4.87. The largest absolute Gasteiger partial charge is 0.367 e. The molecular weight excluding hydrogens is 244 g/mol. The van der Waals surface area contributed by atoms with Gasteiger partial charge in [0.05, 0.1) is 0 Å². The van der Waals surface area contributed by atoms with Gasteiger partial charge in [-0.25, -0.2) is 8.78 Å². The molecule has 19 heavy (non-hydrogen) atoms. The van der Waals surface area contributed by atoms with Crippen LogP contribution in [0.2, 0.25) is 0 Å². The Labute approximate surface area is 111 Å². The Bertz CT molecular complexity index is 595. The van der Waals surface area contributed by atoms with E-state index in [1.165, 1.54) is 5.56 Å². The highest BCUT2D eigenvalue weighted by Crippen LogP contribution is 2.28. The fourth-order valence-electron chi connectivity index (χ4n) is 2.65. The van der Waals surface area contributed by atoms with Crippen molar-refractivity contribution in [2.24, 2.45) is 0 Å². The molecular formula is C16H15F2N. The summed E-state index contributed by atoms with van der Waals surface area (Å²) in [5.41, 5.74) is 2.83. The van der Waals surface area contributed by atoms with Gasteiger partial charge in [-0.15, -0.1) is 0 Å². The van der Waals surface area contributed by atoms with Crippen LogP contribution in [0.4, 0.5) is 14.5 Å². The monoisotopic (exact) mass is 259 g/mol. The first kappa shape index (κ1) is 12.2. The highest BCUT2D eigenvalue weighted by molar-refractivity contribution is 5.55. The number of rotatable bonds is 2. The number of hydrogen-bond donors (Lipinski definition) is 0. The minimum Gasteiger partial charge on any atom is -0.367 e. The Morgan fingerprint density at radius 3 is 2.74 bits per heavy atom. The first-order chi connectivity index (χ1) is 9.25. The maximum Gasteiger partial charge on any atom is 0.163 e. The molecule has 1 aliphatic rings. The van der Waals surface area contributed by atoms with Crippen LogP contribution in [0.15, 0.2) is 42.5 Å². The molecule has 0 radical (unpaired) electrons. The van der Waals surface area contributed by atoms with Crippen LogP contribution in [0.1, 0.15) is 17.5 Å². The van der Waals surface area contributed by atoms with Crippen LogP contribution in [0.25, 0.3) is 0 Å². The van der Waals surface area contributed by atoms with E-state index < -0.39 is 11.6 Å². The van der Waals surface area contributed by atoms with Crippen LogP contribution in [-0.2, 0) is 13.0 Å². The van der Waals surface area contributed by atoms with Crippen molar-refractivity contribution >= 4 is 5.69 Å². The van der Waals surface area contributed by atoms with Crippen molar-refractivity contribution in [1.29, 1.82) is 0 Å². The summed E-state index contributed by atoms with van der Waals surface area (Å²) >= 11 is 0. The third-order valence-electron chi connectivity index (χ3n) is 3.60. The molecule has 0 atom stereocenters. The third-order valence-corrected chi connectivity index (χ3v) is 3.60. The average molecular weight is 259 g/mol. The van der Waals surface area contributed by atoms with Gasteiger partial charge in [0.25, 0.3) is 0 Å². The fourth-order valence-corrected chi connectivity index (χ4v) is 2.65. The minimum atomic E-state index is -0.775. The van der Waals surface area contributed by atoms with Crippen LogP contribution >= 0.6 is 0 Å². The molecule has 0 spiro atoms. The average Bonchev–Trinajstić information content (AvgIpc) is 2.44. The smallest absolute Gasteiger partial charge is 0.163 e. The molecule has 0 N–H and O–H groups in total. The van der Waals surface area contributed by atoms with Crippen molar-refractivity contribution in [2.75, 3.05) is 11.4 Å². The van der Waals surface area contributed by atoms with Gasteiger partial charge >= 0.3 is 0 Å². The van der Waals surface area contributed by atoms with Crippen molar-refractivity contribution in [1.82, 2.24) is 0 Å². The summed E-state index contributed by atoms with van der Waals surface area (Å²) in [5.74, 6) is -1.51. The van der Waals surface area contributed by atoms with Crippen LogP contribution in [0, 0.1) is 11.6 Å². The molecule has 0 saturated heterocycles. The Balaban J connectivity index is 1.91. The molecule has 2 aromatic rings. The van der Waals surface area contributed by atoms with Gasteiger partial charge in [0.15, 0.2) is 11.6 Å². The number of para-hydroxylation sites is 1. The Hall–Kier alpha value is -1.90. The van der Waals surface area contributed by atoms with Gasteiger partial charge in [0.1, 0.15) is 0 Å². The molecule has 2 aromatic carbocycles. The predicted molar refractivity (Wildman–Crippen MR) is 72.2 cm³/mol. The number of aryl methyl sites for hydroxylation is 1. The van der Waals surface area contributed by atoms with Gasteiger partial charge in [-0.3, -0.25) is 0 Å². The lowest BCUT2D eigenvalue weighted by atomic mass is 10.0. The number of halogens is 2. The summed E-state index contributed by atoms with van der Waals surface area (Å²) in [4.78, 5) is 2.12. The number of nitrogens with zero attached hydrogens (tertiary/aromatic N) is 1. The standard InChI is InChI=1S/C16H15F2N/c17-14-8-3-6-13(16(14)18)11-19-10-4-7-12-5-1-2-9-15(12)19/h1-3,5-6,8-9H,4,7,10-11H2. The van der Waals surface area contributed by atoms with Crippen molar-refractivity contribution in [3.8, 4) is 0 Å². The summed E-state index contributed by atoms with van der Waals surface area (Å²) in [6, 6.07) is 12.5. The fraction of sp³-hybridized carbons (Fsp3) is 0.250. The highest BCUT2D eigenvalue weighted by atomic mass is 19.2. The predicted octanol–water partition coefficient (Wildman–Crippen LogP) is 3.92. The zero-order chi connectivity index (χ0) is 13.2. The Morgan fingerprint density at radius 1 is 1.00 bits per heavy atom. The molecule has 1 nitrogen and oxygen atoms in total. The lowest BCUT2D eigenvalue weighted by Crippen LogP contribution is -2.29. The molecule has 0 fully saturated rings. The van der Waals surface area contributed by atoms with Gasteiger partial charge in [-0.1, -0.05) is 30.3 Å². The minimum absolute atomic E-state index is 0.414. The molecule has 3 heteroatoms. The van der Waals surface area contributed by atoms with E-state index in [0.29, 0.717) is 12.1 Å². The summed E-state index contributed by atoms with van der Waals surface area (Å²) in [7, 11) is 0. The number of fused-ring (bicyclic) bond motifs is 1. The summed E-state index contributed by atoms with van der Waals surface area (Å²) in [5, 5.41) is 0. The summed E-state index contributed by atoms with van der Waals surface area (Å²) in [6.45, 7) is 1.30. The lowest BCUT2D eigenvalue weighted by Gasteiger charge is -2.31. The van der Waals surface area contributed by atoms with E-state index in [-0.39, 0.29) is 0 Å². The van der Waals surface area contributed by atoms with E-state index >= 15 is 0 Å². The topological polar surface area (TPSA) is 3.24 Å². The molecule has 0 unspecified atom stereocenters. The number of anilines is 1. The van der Waals surface area contributed by atoms with E-state index in [4.69, 9.17) is 0 Å². The van der Waals surface area contributed by atoms with Gasteiger partial charge < -0.3 is 4.90 Å². The van der Waals surface area contributed by atoms with Crippen molar-refractivity contribution < 1.29 is 8.78 Å². The van der Waals surface area contributed by atoms with Gasteiger partial charge in [0.2, 0.25) is 0 Å². The number of hydrogen-bond acceptors (Lipinski definition) is 1. The normalized spacial score (nSPS) is 14.3. The lowest BCUT2D eigenvalue weighted by molar-refractivity contribution is 0.496. The van der Waals surface area contributed by atoms with E-state index in [0.717, 1.165) is 31.1 Å². The maximum atomic E-state index is 13.7. The van der Waals surface area contributed by atoms with Gasteiger partial charge in [-0.05, 0) is 30.5 Å². The highest BCUT2D eigenvalue weighted by Gasteiger charge is 2.18. The molecule has 1 heterocycles. The second-order valence-electron chi connectivity index (χ2n) is 4.87. The third kappa shape index (κ3) is 2.33. The molecule has 0 amide bonds.